The number of carboxylic acid groups (broad SMARTS) is 1. The first kappa shape index (κ1) is 43.5. The van der Waals surface area contributed by atoms with Crippen LogP contribution in [-0.4, -0.2) is 91.6 Å². The molecule has 0 saturated heterocycles. The molecule has 7 rings (SSSR count). The number of rotatable bonds is 16. The average molecular weight is 825 g/mol. The van der Waals surface area contributed by atoms with Gasteiger partial charge in [0.1, 0.15) is 36.8 Å². The van der Waals surface area contributed by atoms with E-state index in [0.717, 1.165) is 96.6 Å². The van der Waals surface area contributed by atoms with Crippen molar-refractivity contribution in [3.8, 4) is 23.0 Å². The molecule has 2 aromatic heterocycles. The Morgan fingerprint density at radius 3 is 1.75 bits per heavy atom. The summed E-state index contributed by atoms with van der Waals surface area (Å²) in [5, 5.41) is 18.9. The summed E-state index contributed by atoms with van der Waals surface area (Å²) in [5.74, 6) is 3.00. The normalized spacial score (nSPS) is 15.8. The van der Waals surface area contributed by atoms with E-state index in [0.29, 0.717) is 51.4 Å². The second kappa shape index (κ2) is 21.3. The van der Waals surface area contributed by atoms with Crippen LogP contribution in [0.4, 0.5) is 11.6 Å². The number of amides is 1. The van der Waals surface area contributed by atoms with Gasteiger partial charge in [0, 0.05) is 36.1 Å². The Bertz CT molecular complexity index is 2040. The number of aromatic nitrogens is 2. The number of anilines is 2. The van der Waals surface area contributed by atoms with E-state index in [-0.39, 0.29) is 12.3 Å². The molecule has 15 nitrogen and oxygen atoms in total. The Kier molecular flexibility index (Phi) is 15.4. The summed E-state index contributed by atoms with van der Waals surface area (Å²) in [7, 11) is 1.33. The molecular weight excluding hydrogens is 769 g/mol. The summed E-state index contributed by atoms with van der Waals surface area (Å²) in [5.41, 5.74) is 8.94. The van der Waals surface area contributed by atoms with Crippen molar-refractivity contribution in [3.63, 3.8) is 0 Å². The van der Waals surface area contributed by atoms with E-state index < -0.39 is 29.4 Å². The summed E-state index contributed by atoms with van der Waals surface area (Å²) in [6, 6.07) is 21.0. The molecule has 1 aliphatic carbocycles. The molecule has 0 radical (unpaired) electrons. The highest BCUT2D eigenvalue weighted by Crippen LogP contribution is 2.36. The predicted molar refractivity (Wildman–Crippen MR) is 226 cm³/mol. The van der Waals surface area contributed by atoms with Crippen LogP contribution in [0.5, 0.6) is 23.0 Å². The smallest absolute Gasteiger partial charge is 0.326 e. The van der Waals surface area contributed by atoms with E-state index in [9.17, 15) is 19.5 Å². The van der Waals surface area contributed by atoms with Crippen LogP contribution in [0.2, 0.25) is 0 Å². The number of nitrogens with one attached hydrogen (secondary N) is 3. The highest BCUT2D eigenvalue weighted by molar-refractivity contribution is 5.87. The molecule has 15 heteroatoms. The number of hydrogen-bond donors (Lipinski definition) is 5. The van der Waals surface area contributed by atoms with Gasteiger partial charge in [0.15, 0.2) is 23.1 Å². The molecule has 1 fully saturated rings. The molecule has 0 unspecified atom stereocenters. The standard InChI is InChI=1S/C26H33N3O5.C19H23N3O4/c1-26(12-3-2-4-13-26)25(32)29-21(24(30)31)17-18-5-8-20(9-6-18)33-15-11-19-7-10-22-23(28-19)27-14-16-34-22;1-24-19(23)16(20)12-13-2-5-15(6-3-13)25-10-8-14-4-7-17-18(22-14)21-9-11-26-17/h5-10,21H,2-4,11-17H2,1H3,(H,27,28)(H,29,32)(H,30,31);2-7,16H,8-12,20H2,1H3,(H,21,22)/t21-;16-/m00/s1. The van der Waals surface area contributed by atoms with Gasteiger partial charge in [0.2, 0.25) is 5.91 Å². The Morgan fingerprint density at radius 2 is 1.27 bits per heavy atom. The summed E-state index contributed by atoms with van der Waals surface area (Å²) in [6.45, 7) is 5.76. The number of carboxylic acids is 1. The number of ether oxygens (including phenoxy) is 5. The lowest BCUT2D eigenvalue weighted by Gasteiger charge is -2.33. The molecule has 1 amide bonds. The minimum atomic E-state index is -1.02. The van der Waals surface area contributed by atoms with Gasteiger partial charge in [-0.05, 0) is 78.9 Å². The van der Waals surface area contributed by atoms with Gasteiger partial charge in [-0.1, -0.05) is 50.5 Å². The van der Waals surface area contributed by atoms with Crippen LogP contribution >= 0.6 is 0 Å². The topological polar surface area (TPSA) is 205 Å². The van der Waals surface area contributed by atoms with Crippen LogP contribution < -0.4 is 40.6 Å². The molecule has 0 spiro atoms. The molecule has 4 heterocycles. The first-order chi connectivity index (χ1) is 29.1. The van der Waals surface area contributed by atoms with Gasteiger partial charge in [-0.15, -0.1) is 0 Å². The maximum atomic E-state index is 12.8. The molecule has 320 valence electrons. The zero-order chi connectivity index (χ0) is 42.3. The maximum absolute atomic E-state index is 12.8. The molecule has 6 N–H and O–H groups in total. The largest absolute Gasteiger partial charge is 0.493 e. The number of hydrogen-bond acceptors (Lipinski definition) is 13. The van der Waals surface area contributed by atoms with Gasteiger partial charge in [-0.3, -0.25) is 9.59 Å². The van der Waals surface area contributed by atoms with E-state index in [1.165, 1.54) is 7.11 Å². The number of carbonyl (C=O) groups is 3. The third-order valence-corrected chi connectivity index (χ3v) is 10.7. The van der Waals surface area contributed by atoms with E-state index in [4.69, 9.17) is 24.7 Å². The Hall–Kier alpha value is -6.09. The number of aliphatic carboxylic acids is 1. The van der Waals surface area contributed by atoms with Crippen LogP contribution in [-0.2, 0) is 44.8 Å². The van der Waals surface area contributed by atoms with Crippen molar-refractivity contribution < 1.29 is 43.2 Å². The highest BCUT2D eigenvalue weighted by atomic mass is 16.5. The third-order valence-electron chi connectivity index (χ3n) is 10.7. The third kappa shape index (κ3) is 12.5. The van der Waals surface area contributed by atoms with Gasteiger partial charge in [0.05, 0.1) is 33.4 Å². The number of carbonyl (C=O) groups excluding carboxylic acids is 2. The number of methoxy groups -OCH3 is 1. The van der Waals surface area contributed by atoms with Crippen LogP contribution in [0, 0.1) is 5.41 Å². The Labute approximate surface area is 350 Å². The van der Waals surface area contributed by atoms with Crippen molar-refractivity contribution in [2.75, 3.05) is 57.3 Å². The van der Waals surface area contributed by atoms with Crippen molar-refractivity contribution in [1.29, 1.82) is 0 Å². The van der Waals surface area contributed by atoms with E-state index in [2.05, 4.69) is 30.7 Å². The molecule has 2 aliphatic heterocycles. The molecule has 1 saturated carbocycles. The number of nitrogens with zero attached hydrogens (tertiary/aromatic N) is 2. The second-order valence-electron chi connectivity index (χ2n) is 15.4. The lowest BCUT2D eigenvalue weighted by atomic mass is 9.75. The van der Waals surface area contributed by atoms with Crippen molar-refractivity contribution in [2.24, 2.45) is 11.1 Å². The van der Waals surface area contributed by atoms with Gasteiger partial charge in [-0.25, -0.2) is 14.8 Å². The first-order valence-electron chi connectivity index (χ1n) is 20.6. The van der Waals surface area contributed by atoms with Crippen molar-refractivity contribution in [3.05, 3.63) is 95.3 Å². The second-order valence-corrected chi connectivity index (χ2v) is 15.4. The summed E-state index contributed by atoms with van der Waals surface area (Å²) < 4.78 is 27.3. The highest BCUT2D eigenvalue weighted by Gasteiger charge is 2.36. The fourth-order valence-electron chi connectivity index (χ4n) is 7.21. The maximum Gasteiger partial charge on any atom is 0.326 e. The van der Waals surface area contributed by atoms with E-state index in [1.807, 2.05) is 79.7 Å². The van der Waals surface area contributed by atoms with Crippen molar-refractivity contribution >= 4 is 29.5 Å². The minimum absolute atomic E-state index is 0.155. The van der Waals surface area contributed by atoms with Gasteiger partial charge in [-0.2, -0.15) is 0 Å². The molecule has 0 bridgehead atoms. The van der Waals surface area contributed by atoms with Gasteiger partial charge in [0.25, 0.3) is 0 Å². The SMILES string of the molecule is CC1(C(=O)N[C@@H](Cc2ccc(OCCc3ccc4c(n3)NCCO4)cc2)C(=O)O)CCCCC1.COC(=O)[C@@H](N)Cc1ccc(OCCc2ccc3c(n2)NCCO3)cc1. The quantitative estimate of drug-likeness (QED) is 0.0929. The summed E-state index contributed by atoms with van der Waals surface area (Å²) in [6.07, 6.45) is 6.79. The van der Waals surface area contributed by atoms with E-state index in [1.54, 1.807) is 0 Å². The van der Waals surface area contributed by atoms with Gasteiger partial charge < -0.3 is 50.5 Å². The van der Waals surface area contributed by atoms with Crippen LogP contribution in [0.25, 0.3) is 0 Å². The van der Waals surface area contributed by atoms with Crippen LogP contribution in [0.3, 0.4) is 0 Å². The fourth-order valence-corrected chi connectivity index (χ4v) is 7.21. The monoisotopic (exact) mass is 824 g/mol. The molecule has 2 atom stereocenters. The fraction of sp³-hybridized carbons (Fsp3) is 0.444. The number of fused-ring (bicyclic) bond motifs is 2. The molecule has 2 aromatic carbocycles. The number of nitrogens with two attached hydrogens (primary N) is 1. The molecule has 3 aliphatic rings. The first-order valence-corrected chi connectivity index (χ1v) is 20.6. The Morgan fingerprint density at radius 1 is 0.767 bits per heavy atom. The number of esters is 1. The zero-order valence-corrected chi connectivity index (χ0v) is 34.4. The summed E-state index contributed by atoms with van der Waals surface area (Å²) in [4.78, 5) is 45.0. The lowest BCUT2D eigenvalue weighted by molar-refractivity contribution is -0.144. The molecule has 4 aromatic rings. The van der Waals surface area contributed by atoms with Crippen molar-refractivity contribution in [2.45, 2.75) is 76.8 Å². The lowest BCUT2D eigenvalue weighted by Crippen LogP contribution is -2.49. The molecular formula is C45H56N6O9. The number of benzene rings is 2. The molecule has 60 heavy (non-hydrogen) atoms. The predicted octanol–water partition coefficient (Wildman–Crippen LogP) is 5.14. The van der Waals surface area contributed by atoms with Crippen LogP contribution in [0.15, 0.2) is 72.8 Å². The van der Waals surface area contributed by atoms with E-state index >= 15 is 0 Å². The Balaban J connectivity index is 0.000000209. The number of pyridine rings is 2. The average Bonchev–Trinajstić information content (AvgIpc) is 3.27. The van der Waals surface area contributed by atoms with Gasteiger partial charge >= 0.3 is 11.9 Å². The van der Waals surface area contributed by atoms with Crippen molar-refractivity contribution in [1.82, 2.24) is 15.3 Å². The summed E-state index contributed by atoms with van der Waals surface area (Å²) >= 11 is 0. The van der Waals surface area contributed by atoms with Crippen LogP contribution in [0.1, 0.15) is 61.5 Å². The zero-order valence-electron chi connectivity index (χ0n) is 34.4. The minimum Gasteiger partial charge on any atom is -0.493 e.